The standard InChI is InChI=1S/C8H3F5O2/c9-4-2(1-3(14)15)5(10)7(12)8(13)6(4)11/h1H2,(H,14,15). The molecule has 0 amide bonds. The minimum atomic E-state index is -2.31. The van der Waals surface area contributed by atoms with Gasteiger partial charge in [-0.1, -0.05) is 0 Å². The summed E-state index contributed by atoms with van der Waals surface area (Å²) in [6.45, 7) is 0. The van der Waals surface area contributed by atoms with E-state index < -0.39 is 47.0 Å². The number of carboxylic acid groups (broad SMARTS) is 1. The van der Waals surface area contributed by atoms with Gasteiger partial charge in [0.05, 0.1) is 6.42 Å². The van der Waals surface area contributed by atoms with Gasteiger partial charge in [0, 0.05) is 5.56 Å². The molecule has 0 spiro atoms. The van der Waals surface area contributed by atoms with Crippen molar-refractivity contribution in [1.29, 1.82) is 0 Å². The number of aliphatic carboxylic acids is 1. The highest BCUT2D eigenvalue weighted by Crippen LogP contribution is 2.23. The lowest BCUT2D eigenvalue weighted by Crippen LogP contribution is -2.11. The average molecular weight is 226 g/mol. The molecule has 2 nitrogen and oxygen atoms in total. The average Bonchev–Trinajstić information content (AvgIpc) is 2.18. The van der Waals surface area contributed by atoms with Gasteiger partial charge in [-0.2, -0.15) is 0 Å². The van der Waals surface area contributed by atoms with Crippen LogP contribution in [0, 0.1) is 29.1 Å². The second-order valence-electron chi connectivity index (χ2n) is 2.62. The number of hydrogen-bond acceptors (Lipinski definition) is 1. The van der Waals surface area contributed by atoms with Crippen molar-refractivity contribution in [2.24, 2.45) is 0 Å². The third-order valence-corrected chi connectivity index (χ3v) is 1.63. The van der Waals surface area contributed by atoms with Crippen LogP contribution in [0.15, 0.2) is 0 Å². The second kappa shape index (κ2) is 3.84. The minimum Gasteiger partial charge on any atom is -0.481 e. The molecule has 1 aromatic carbocycles. The quantitative estimate of drug-likeness (QED) is 0.475. The monoisotopic (exact) mass is 226 g/mol. The van der Waals surface area contributed by atoms with Crippen molar-refractivity contribution in [3.05, 3.63) is 34.6 Å². The van der Waals surface area contributed by atoms with Crippen LogP contribution in [0.1, 0.15) is 5.56 Å². The van der Waals surface area contributed by atoms with Crippen molar-refractivity contribution in [2.75, 3.05) is 0 Å². The molecule has 82 valence electrons. The van der Waals surface area contributed by atoms with E-state index in [-0.39, 0.29) is 0 Å². The van der Waals surface area contributed by atoms with Crippen molar-refractivity contribution in [3.63, 3.8) is 0 Å². The van der Waals surface area contributed by atoms with E-state index in [1.165, 1.54) is 0 Å². The highest BCUT2D eigenvalue weighted by Gasteiger charge is 2.26. The second-order valence-corrected chi connectivity index (χ2v) is 2.62. The zero-order chi connectivity index (χ0) is 11.7. The van der Waals surface area contributed by atoms with Crippen molar-refractivity contribution < 1.29 is 31.9 Å². The van der Waals surface area contributed by atoms with E-state index in [2.05, 4.69) is 0 Å². The molecule has 0 heterocycles. The summed E-state index contributed by atoms with van der Waals surface area (Å²) < 4.78 is 63.0. The summed E-state index contributed by atoms with van der Waals surface area (Å²) in [6.07, 6.45) is -1.27. The molecule has 1 N–H and O–H groups in total. The van der Waals surface area contributed by atoms with Crippen LogP contribution in [0.25, 0.3) is 0 Å². The molecule has 0 aromatic heterocycles. The van der Waals surface area contributed by atoms with Gasteiger partial charge in [0.1, 0.15) is 0 Å². The molecule has 1 aromatic rings. The SMILES string of the molecule is O=C(O)Cc1c(F)c(F)c(F)c(F)c1F. The number of halogens is 5. The van der Waals surface area contributed by atoms with Crippen molar-refractivity contribution >= 4 is 5.97 Å². The molecule has 0 aliphatic carbocycles. The molecule has 0 bridgehead atoms. The molecule has 0 radical (unpaired) electrons. The third kappa shape index (κ3) is 1.90. The Bertz CT molecular complexity index is 401. The lowest BCUT2D eigenvalue weighted by Gasteiger charge is -2.05. The van der Waals surface area contributed by atoms with Crippen LogP contribution >= 0.6 is 0 Å². The van der Waals surface area contributed by atoms with Gasteiger partial charge < -0.3 is 5.11 Å². The van der Waals surface area contributed by atoms with Gasteiger partial charge in [0.2, 0.25) is 5.82 Å². The fourth-order valence-electron chi connectivity index (χ4n) is 0.957. The zero-order valence-corrected chi connectivity index (χ0v) is 6.95. The van der Waals surface area contributed by atoms with Gasteiger partial charge in [-0.3, -0.25) is 4.79 Å². The van der Waals surface area contributed by atoms with Crippen molar-refractivity contribution in [2.45, 2.75) is 6.42 Å². The minimum absolute atomic E-state index is 1.27. The molecule has 0 fully saturated rings. The number of benzene rings is 1. The van der Waals surface area contributed by atoms with Gasteiger partial charge in [-0.15, -0.1) is 0 Å². The molecular formula is C8H3F5O2. The van der Waals surface area contributed by atoms with Crippen LogP contribution in [0.4, 0.5) is 22.0 Å². The molecule has 1 rings (SSSR count). The first-order chi connectivity index (χ1) is 6.86. The van der Waals surface area contributed by atoms with Crippen LogP contribution in [0.2, 0.25) is 0 Å². The molecule has 7 heteroatoms. The van der Waals surface area contributed by atoms with Crippen molar-refractivity contribution in [1.82, 2.24) is 0 Å². The Balaban J connectivity index is 3.45. The maximum atomic E-state index is 12.8. The Labute approximate surface area is 79.9 Å². The summed E-state index contributed by atoms with van der Waals surface area (Å²) in [5.41, 5.74) is -1.35. The maximum Gasteiger partial charge on any atom is 0.308 e. The zero-order valence-electron chi connectivity index (χ0n) is 6.95. The Kier molecular flexibility index (Phi) is 2.92. The van der Waals surface area contributed by atoms with Gasteiger partial charge in [-0.25, -0.2) is 22.0 Å². The number of carboxylic acids is 1. The smallest absolute Gasteiger partial charge is 0.308 e. The van der Waals surface area contributed by atoms with Crippen LogP contribution in [-0.2, 0) is 11.2 Å². The third-order valence-electron chi connectivity index (χ3n) is 1.63. The molecule has 0 atom stereocenters. The van der Waals surface area contributed by atoms with E-state index in [0.717, 1.165) is 0 Å². The van der Waals surface area contributed by atoms with E-state index in [1.54, 1.807) is 0 Å². The van der Waals surface area contributed by atoms with Gasteiger partial charge >= 0.3 is 5.97 Å². The van der Waals surface area contributed by atoms with Gasteiger partial charge in [0.25, 0.3) is 0 Å². The first-order valence-electron chi connectivity index (χ1n) is 3.58. The Hall–Kier alpha value is -1.66. The van der Waals surface area contributed by atoms with E-state index in [1.807, 2.05) is 0 Å². The number of rotatable bonds is 2. The summed E-state index contributed by atoms with van der Waals surface area (Å²) in [5, 5.41) is 8.19. The van der Waals surface area contributed by atoms with Crippen molar-refractivity contribution in [3.8, 4) is 0 Å². The lowest BCUT2D eigenvalue weighted by molar-refractivity contribution is -0.136. The summed E-state index contributed by atoms with van der Waals surface area (Å²) >= 11 is 0. The van der Waals surface area contributed by atoms with Gasteiger partial charge in [0.15, 0.2) is 23.3 Å². The molecule has 0 unspecified atom stereocenters. The van der Waals surface area contributed by atoms with Gasteiger partial charge in [-0.05, 0) is 0 Å². The normalized spacial score (nSPS) is 10.5. The summed E-state index contributed by atoms with van der Waals surface area (Å²) in [5.74, 6) is -12.5. The lowest BCUT2D eigenvalue weighted by atomic mass is 10.1. The molecule has 0 saturated heterocycles. The molecule has 0 aliphatic heterocycles. The Morgan fingerprint density at radius 1 is 0.867 bits per heavy atom. The number of carbonyl (C=O) groups is 1. The first-order valence-corrected chi connectivity index (χ1v) is 3.58. The number of hydrogen-bond donors (Lipinski definition) is 1. The first kappa shape index (κ1) is 11.4. The topological polar surface area (TPSA) is 37.3 Å². The van der Waals surface area contributed by atoms with Crippen LogP contribution in [0.5, 0.6) is 0 Å². The Morgan fingerprint density at radius 2 is 1.20 bits per heavy atom. The fourth-order valence-corrected chi connectivity index (χ4v) is 0.957. The largest absolute Gasteiger partial charge is 0.481 e. The molecule has 0 saturated carbocycles. The highest BCUT2D eigenvalue weighted by molar-refractivity contribution is 5.70. The van der Waals surface area contributed by atoms with E-state index in [4.69, 9.17) is 5.11 Å². The van der Waals surface area contributed by atoms with Crippen LogP contribution < -0.4 is 0 Å². The van der Waals surface area contributed by atoms with E-state index in [9.17, 15) is 26.7 Å². The predicted octanol–water partition coefficient (Wildman–Crippen LogP) is 2.01. The molecular weight excluding hydrogens is 223 g/mol. The summed E-state index contributed by atoms with van der Waals surface area (Å²) in [4.78, 5) is 10.1. The molecule has 0 aliphatic rings. The van der Waals surface area contributed by atoms with E-state index >= 15 is 0 Å². The predicted molar refractivity (Wildman–Crippen MR) is 37.6 cm³/mol. The summed E-state index contributed by atoms with van der Waals surface area (Å²) in [6, 6.07) is 0. The summed E-state index contributed by atoms with van der Waals surface area (Å²) in [7, 11) is 0. The van der Waals surface area contributed by atoms with E-state index in [0.29, 0.717) is 0 Å². The van der Waals surface area contributed by atoms with Crippen LogP contribution in [-0.4, -0.2) is 11.1 Å². The Morgan fingerprint density at radius 3 is 1.53 bits per heavy atom. The fraction of sp³-hybridized carbons (Fsp3) is 0.125. The van der Waals surface area contributed by atoms with Crippen LogP contribution in [0.3, 0.4) is 0 Å². The maximum absolute atomic E-state index is 12.8. The highest BCUT2D eigenvalue weighted by atomic mass is 19.2. The molecule has 15 heavy (non-hydrogen) atoms.